The summed E-state index contributed by atoms with van der Waals surface area (Å²) < 4.78 is 0. The molecular weight excluding hydrogens is 218 g/mol. The number of rotatable bonds is 1. The number of hydrogen-bond donors (Lipinski definition) is 1. The van der Waals surface area contributed by atoms with Crippen molar-refractivity contribution < 1.29 is 9.59 Å². The topological polar surface area (TPSA) is 66.6 Å². The summed E-state index contributed by atoms with van der Waals surface area (Å²) in [5, 5.41) is 0. The van der Waals surface area contributed by atoms with Crippen LogP contribution in [0.3, 0.4) is 0 Å². The molecule has 0 bridgehead atoms. The van der Waals surface area contributed by atoms with Gasteiger partial charge in [0, 0.05) is 26.6 Å². The maximum Gasteiger partial charge on any atom is 0.236 e. The van der Waals surface area contributed by atoms with Crippen molar-refractivity contribution in [2.75, 3.05) is 26.7 Å². The summed E-state index contributed by atoms with van der Waals surface area (Å²) in [6.45, 7) is 11.3. The molecule has 1 atom stereocenters. The molecular formula is C12H27N3O2. The summed E-state index contributed by atoms with van der Waals surface area (Å²) in [5.74, 6) is -0.368. The van der Waals surface area contributed by atoms with Crippen molar-refractivity contribution >= 4 is 11.8 Å². The summed E-state index contributed by atoms with van der Waals surface area (Å²) in [4.78, 5) is 25.5. The lowest BCUT2D eigenvalue weighted by molar-refractivity contribution is -0.134. The fourth-order valence-corrected chi connectivity index (χ4v) is 1.47. The lowest BCUT2D eigenvalue weighted by Crippen LogP contribution is -2.57. The third-order valence-electron chi connectivity index (χ3n) is 2.42. The van der Waals surface area contributed by atoms with Gasteiger partial charge >= 0.3 is 0 Å². The Bertz CT molecular complexity index is 232. The Balaban J connectivity index is 0. The highest BCUT2D eigenvalue weighted by Gasteiger charge is 2.29. The van der Waals surface area contributed by atoms with Crippen molar-refractivity contribution in [2.45, 2.75) is 40.7 Å². The molecule has 1 fully saturated rings. The molecule has 1 aliphatic heterocycles. The zero-order valence-electron chi connectivity index (χ0n) is 12.0. The predicted molar refractivity (Wildman–Crippen MR) is 70.6 cm³/mol. The van der Waals surface area contributed by atoms with Crippen LogP contribution in [0.5, 0.6) is 0 Å². The lowest BCUT2D eigenvalue weighted by Gasteiger charge is -2.37. The van der Waals surface area contributed by atoms with Crippen molar-refractivity contribution in [3.8, 4) is 0 Å². The maximum atomic E-state index is 11.0. The van der Waals surface area contributed by atoms with Gasteiger partial charge in [0.1, 0.15) is 6.04 Å². The number of nitrogens with zero attached hydrogens (tertiary/aromatic N) is 2. The molecule has 0 saturated carbocycles. The second-order valence-corrected chi connectivity index (χ2v) is 3.36. The van der Waals surface area contributed by atoms with E-state index in [9.17, 15) is 9.59 Å². The minimum absolute atomic E-state index is 0.000602. The average molecular weight is 245 g/mol. The fraction of sp³-hybridized carbons (Fsp3) is 0.833. The molecule has 0 aromatic carbocycles. The Labute approximate surface area is 105 Å². The summed E-state index contributed by atoms with van der Waals surface area (Å²) in [6, 6.07) is -0.336. The molecule has 2 amide bonds. The molecule has 0 aromatic heterocycles. The van der Waals surface area contributed by atoms with Crippen LogP contribution in [0.25, 0.3) is 0 Å². The predicted octanol–water partition coefficient (Wildman–Crippen LogP) is 0.687. The number of hydrogen-bond acceptors (Lipinski definition) is 3. The largest absolute Gasteiger partial charge is 0.368 e. The first-order chi connectivity index (χ1) is 8.02. The molecule has 1 rings (SSSR count). The molecule has 0 radical (unpaired) electrons. The van der Waals surface area contributed by atoms with Gasteiger partial charge in [-0.25, -0.2) is 0 Å². The van der Waals surface area contributed by atoms with Gasteiger partial charge in [-0.1, -0.05) is 27.7 Å². The Morgan fingerprint density at radius 1 is 1.12 bits per heavy atom. The molecule has 102 valence electrons. The highest BCUT2D eigenvalue weighted by atomic mass is 16.2. The van der Waals surface area contributed by atoms with Crippen LogP contribution in [-0.4, -0.2) is 54.3 Å². The molecule has 1 unspecified atom stereocenters. The SMILES string of the molecule is CC.CC.CC(=O)N1CCN(C)C(C(N)=O)C1. The van der Waals surface area contributed by atoms with Gasteiger partial charge in [0.25, 0.3) is 0 Å². The Hall–Kier alpha value is -1.10. The third kappa shape index (κ3) is 6.26. The van der Waals surface area contributed by atoms with E-state index >= 15 is 0 Å². The third-order valence-corrected chi connectivity index (χ3v) is 2.42. The number of carbonyl (C=O) groups excluding carboxylic acids is 2. The molecule has 1 aliphatic rings. The van der Waals surface area contributed by atoms with Crippen LogP contribution in [0.4, 0.5) is 0 Å². The molecule has 5 nitrogen and oxygen atoms in total. The Morgan fingerprint density at radius 3 is 1.94 bits per heavy atom. The quantitative estimate of drug-likeness (QED) is 0.739. The van der Waals surface area contributed by atoms with Crippen LogP contribution >= 0.6 is 0 Å². The Morgan fingerprint density at radius 2 is 1.59 bits per heavy atom. The second kappa shape index (κ2) is 10.1. The van der Waals surface area contributed by atoms with E-state index in [1.165, 1.54) is 6.92 Å². The number of primary amides is 1. The van der Waals surface area contributed by atoms with Crippen LogP contribution in [0.1, 0.15) is 34.6 Å². The number of nitrogens with two attached hydrogens (primary N) is 1. The molecule has 5 heteroatoms. The van der Waals surface area contributed by atoms with Gasteiger partial charge in [-0.05, 0) is 7.05 Å². The lowest BCUT2D eigenvalue weighted by atomic mass is 10.1. The number of likely N-dealkylation sites (N-methyl/N-ethyl adjacent to an activating group) is 1. The standard InChI is InChI=1S/C8H15N3O2.2C2H6/c1-6(12)11-4-3-10(2)7(5-11)8(9)13;2*1-2/h7H,3-5H2,1-2H3,(H2,9,13);2*1-2H3. The summed E-state index contributed by atoms with van der Waals surface area (Å²) >= 11 is 0. The first-order valence-electron chi connectivity index (χ1n) is 6.27. The molecule has 0 spiro atoms. The normalized spacial score (nSPS) is 19.4. The molecule has 0 aromatic rings. The summed E-state index contributed by atoms with van der Waals surface area (Å²) in [5.41, 5.74) is 5.20. The van der Waals surface area contributed by atoms with E-state index in [1.807, 2.05) is 39.6 Å². The van der Waals surface area contributed by atoms with Gasteiger partial charge in [0.2, 0.25) is 11.8 Å². The van der Waals surface area contributed by atoms with Gasteiger partial charge in [-0.15, -0.1) is 0 Å². The van der Waals surface area contributed by atoms with E-state index in [0.29, 0.717) is 19.6 Å². The van der Waals surface area contributed by atoms with Crippen molar-refractivity contribution in [1.82, 2.24) is 9.80 Å². The van der Waals surface area contributed by atoms with Crippen molar-refractivity contribution in [3.63, 3.8) is 0 Å². The van der Waals surface area contributed by atoms with Crippen LogP contribution in [0.2, 0.25) is 0 Å². The van der Waals surface area contributed by atoms with Gasteiger partial charge in [0.15, 0.2) is 0 Å². The minimum Gasteiger partial charge on any atom is -0.368 e. The van der Waals surface area contributed by atoms with E-state index in [0.717, 1.165) is 0 Å². The van der Waals surface area contributed by atoms with Crippen LogP contribution in [0, 0.1) is 0 Å². The van der Waals surface area contributed by atoms with Crippen molar-refractivity contribution in [3.05, 3.63) is 0 Å². The average Bonchev–Trinajstić information content (AvgIpc) is 2.34. The highest BCUT2D eigenvalue weighted by molar-refractivity contribution is 5.81. The first-order valence-corrected chi connectivity index (χ1v) is 6.27. The monoisotopic (exact) mass is 245 g/mol. The minimum atomic E-state index is -0.367. The van der Waals surface area contributed by atoms with Crippen molar-refractivity contribution in [2.24, 2.45) is 5.73 Å². The van der Waals surface area contributed by atoms with Gasteiger partial charge < -0.3 is 10.6 Å². The zero-order chi connectivity index (χ0) is 14.0. The van der Waals surface area contributed by atoms with Crippen LogP contribution in [0.15, 0.2) is 0 Å². The van der Waals surface area contributed by atoms with E-state index in [2.05, 4.69) is 0 Å². The smallest absolute Gasteiger partial charge is 0.236 e. The molecule has 1 heterocycles. The highest BCUT2D eigenvalue weighted by Crippen LogP contribution is 2.06. The van der Waals surface area contributed by atoms with E-state index in [-0.39, 0.29) is 17.9 Å². The molecule has 17 heavy (non-hydrogen) atoms. The summed E-state index contributed by atoms with van der Waals surface area (Å²) in [6.07, 6.45) is 0. The van der Waals surface area contributed by atoms with E-state index in [1.54, 1.807) is 4.90 Å². The Kier molecular flexibility index (Phi) is 10.8. The number of amides is 2. The van der Waals surface area contributed by atoms with Gasteiger partial charge in [0.05, 0.1) is 0 Å². The fourth-order valence-electron chi connectivity index (χ4n) is 1.47. The van der Waals surface area contributed by atoms with Gasteiger partial charge in [-0.2, -0.15) is 0 Å². The van der Waals surface area contributed by atoms with Crippen LogP contribution in [-0.2, 0) is 9.59 Å². The first kappa shape index (κ1) is 18.3. The maximum absolute atomic E-state index is 11.0. The van der Waals surface area contributed by atoms with E-state index in [4.69, 9.17) is 5.73 Å². The number of carbonyl (C=O) groups is 2. The molecule has 0 aliphatic carbocycles. The van der Waals surface area contributed by atoms with Crippen LogP contribution < -0.4 is 5.73 Å². The zero-order valence-corrected chi connectivity index (χ0v) is 12.0. The van der Waals surface area contributed by atoms with E-state index < -0.39 is 0 Å². The second-order valence-electron chi connectivity index (χ2n) is 3.36. The van der Waals surface area contributed by atoms with Gasteiger partial charge in [-0.3, -0.25) is 14.5 Å². The number of piperazine rings is 1. The van der Waals surface area contributed by atoms with Crippen molar-refractivity contribution in [1.29, 1.82) is 0 Å². The summed E-state index contributed by atoms with van der Waals surface area (Å²) in [7, 11) is 1.84. The molecule has 1 saturated heterocycles. The molecule has 2 N–H and O–H groups in total.